The minimum absolute atomic E-state index is 0.444. The molecular weight excluding hydrogens is 298 g/mol. The second kappa shape index (κ2) is 7.51. The molecule has 0 saturated carbocycles. The minimum atomic E-state index is -0.536. The number of hydrogen-bond donors (Lipinski definition) is 3. The van der Waals surface area contributed by atoms with Crippen LogP contribution in [-0.4, -0.2) is 29.0 Å². The summed E-state index contributed by atoms with van der Waals surface area (Å²) in [4.78, 5) is 32.5. The third kappa shape index (κ3) is 4.24. The summed E-state index contributed by atoms with van der Waals surface area (Å²) in [5.74, 6) is -1.43. The summed E-state index contributed by atoms with van der Waals surface area (Å²) in [5.41, 5.74) is 1.75. The van der Waals surface area contributed by atoms with Crippen molar-refractivity contribution in [1.29, 1.82) is 0 Å². The predicted molar refractivity (Wildman–Crippen MR) is 84.8 cm³/mol. The number of Topliss-reactive ketones (excluding diaryl/α,β-unsaturated/α-hetero) is 1. The molecule has 0 unspecified atom stereocenters. The first-order chi connectivity index (χ1) is 11.1. The Hall–Kier alpha value is -3.48. The molecule has 0 fully saturated rings. The van der Waals surface area contributed by atoms with Gasteiger partial charge in [-0.2, -0.15) is 0 Å². The summed E-state index contributed by atoms with van der Waals surface area (Å²) in [6, 6.07) is 15.8. The number of ketones is 1. The van der Waals surface area contributed by atoms with Gasteiger partial charge in [0.2, 0.25) is 0 Å². The molecular formula is C16H13N3O4. The summed E-state index contributed by atoms with van der Waals surface area (Å²) < 4.78 is 0. The lowest BCUT2D eigenvalue weighted by Gasteiger charge is -1.98. The number of benzene rings is 2. The van der Waals surface area contributed by atoms with E-state index in [0.29, 0.717) is 16.9 Å². The van der Waals surface area contributed by atoms with E-state index < -0.39 is 17.6 Å². The summed E-state index contributed by atoms with van der Waals surface area (Å²) in [7, 11) is 0. The van der Waals surface area contributed by atoms with Crippen LogP contribution in [0.15, 0.2) is 59.8 Å². The van der Waals surface area contributed by atoms with Crippen molar-refractivity contribution >= 4 is 35.2 Å². The third-order valence-corrected chi connectivity index (χ3v) is 2.84. The van der Waals surface area contributed by atoms with Gasteiger partial charge in [-0.05, 0) is 24.3 Å². The van der Waals surface area contributed by atoms with Crippen molar-refractivity contribution < 1.29 is 19.6 Å². The van der Waals surface area contributed by atoms with Crippen molar-refractivity contribution in [2.75, 3.05) is 10.6 Å². The Morgan fingerprint density at radius 3 is 2.35 bits per heavy atom. The molecule has 0 saturated heterocycles. The fraction of sp³-hybridized carbons (Fsp3) is 0. The number of fused-ring (bicyclic) bond motifs is 1. The van der Waals surface area contributed by atoms with Crippen LogP contribution in [0.5, 0.6) is 0 Å². The van der Waals surface area contributed by atoms with Crippen LogP contribution in [0.2, 0.25) is 0 Å². The van der Waals surface area contributed by atoms with Gasteiger partial charge in [-0.15, -0.1) is 0 Å². The van der Waals surface area contributed by atoms with Gasteiger partial charge < -0.3 is 15.8 Å². The van der Waals surface area contributed by atoms with Crippen LogP contribution in [0.25, 0.3) is 0 Å². The number of rotatable bonds is 2. The molecule has 0 spiro atoms. The smallest absolute Gasteiger partial charge is 0.296 e. The Morgan fingerprint density at radius 2 is 1.70 bits per heavy atom. The second-order valence-corrected chi connectivity index (χ2v) is 4.43. The minimum Gasteiger partial charge on any atom is -0.411 e. The lowest BCUT2D eigenvalue weighted by molar-refractivity contribution is -0.112. The lowest BCUT2D eigenvalue weighted by atomic mass is 10.1. The Balaban J connectivity index is 0.000000167. The Bertz CT molecular complexity index is 757. The number of oxime groups is 1. The Kier molecular flexibility index (Phi) is 5.19. The highest BCUT2D eigenvalue weighted by molar-refractivity contribution is 6.51. The van der Waals surface area contributed by atoms with E-state index in [-0.39, 0.29) is 0 Å². The van der Waals surface area contributed by atoms with E-state index in [2.05, 4.69) is 15.8 Å². The molecule has 2 aromatic rings. The summed E-state index contributed by atoms with van der Waals surface area (Å²) >= 11 is 0. The molecule has 116 valence electrons. The molecule has 0 atom stereocenters. The largest absolute Gasteiger partial charge is 0.411 e. The van der Waals surface area contributed by atoms with E-state index in [9.17, 15) is 14.4 Å². The highest BCUT2D eigenvalue weighted by Gasteiger charge is 2.26. The number of nitrogens with one attached hydrogen (secondary N) is 2. The fourth-order valence-electron chi connectivity index (χ4n) is 1.84. The quantitative estimate of drug-likeness (QED) is 0.341. The van der Waals surface area contributed by atoms with E-state index in [1.54, 1.807) is 48.5 Å². The van der Waals surface area contributed by atoms with Gasteiger partial charge in [0.25, 0.3) is 17.6 Å². The van der Waals surface area contributed by atoms with Crippen molar-refractivity contribution in [1.82, 2.24) is 0 Å². The van der Waals surface area contributed by atoms with Gasteiger partial charge in [0.1, 0.15) is 6.21 Å². The van der Waals surface area contributed by atoms with Crippen molar-refractivity contribution in [3.63, 3.8) is 0 Å². The van der Waals surface area contributed by atoms with Crippen LogP contribution >= 0.6 is 0 Å². The standard InChI is InChI=1S/C8H8N2O2.C8H5NO2/c11-8(6-9-12)10-7-4-2-1-3-5-7;10-7-5-3-1-2-4-6(5)9-8(7)11/h1-6,12H,(H,10,11);1-4H,(H,9,10,11)/b9-6-;. The van der Waals surface area contributed by atoms with E-state index in [1.165, 1.54) is 0 Å². The van der Waals surface area contributed by atoms with Crippen molar-refractivity contribution in [3.8, 4) is 0 Å². The molecule has 1 aliphatic heterocycles. The maximum absolute atomic E-state index is 11.0. The molecule has 2 amide bonds. The van der Waals surface area contributed by atoms with Gasteiger partial charge >= 0.3 is 0 Å². The SMILES string of the molecule is O=C(/C=N\O)Nc1ccccc1.O=C1Nc2ccccc2C1=O. The van der Waals surface area contributed by atoms with Crippen molar-refractivity contribution in [2.45, 2.75) is 0 Å². The maximum atomic E-state index is 11.0. The molecule has 2 aromatic carbocycles. The molecule has 0 aromatic heterocycles. The first-order valence-electron chi connectivity index (χ1n) is 6.60. The molecule has 7 nitrogen and oxygen atoms in total. The van der Waals surface area contributed by atoms with Gasteiger partial charge in [0.05, 0.1) is 11.3 Å². The molecule has 0 radical (unpaired) electrons. The van der Waals surface area contributed by atoms with Gasteiger partial charge in [0, 0.05) is 5.69 Å². The molecule has 1 heterocycles. The zero-order valence-electron chi connectivity index (χ0n) is 11.9. The maximum Gasteiger partial charge on any atom is 0.296 e. The Morgan fingerprint density at radius 1 is 1.04 bits per heavy atom. The van der Waals surface area contributed by atoms with Gasteiger partial charge in [-0.1, -0.05) is 35.5 Å². The summed E-state index contributed by atoms with van der Waals surface area (Å²) in [5, 5.41) is 15.6. The zero-order chi connectivity index (χ0) is 16.7. The first kappa shape index (κ1) is 15.9. The number of hydrogen-bond acceptors (Lipinski definition) is 5. The van der Waals surface area contributed by atoms with Crippen LogP contribution in [-0.2, 0) is 9.59 Å². The van der Waals surface area contributed by atoms with Gasteiger partial charge in [-0.25, -0.2) is 0 Å². The number of anilines is 2. The topological polar surface area (TPSA) is 108 Å². The predicted octanol–water partition coefficient (Wildman–Crippen LogP) is 1.91. The molecule has 3 rings (SSSR count). The molecule has 23 heavy (non-hydrogen) atoms. The highest BCUT2D eigenvalue weighted by atomic mass is 16.4. The molecule has 0 aliphatic carbocycles. The first-order valence-corrected chi connectivity index (χ1v) is 6.60. The molecule has 1 aliphatic rings. The fourth-order valence-corrected chi connectivity index (χ4v) is 1.84. The number of carbonyl (C=O) groups excluding carboxylic acids is 3. The van der Waals surface area contributed by atoms with Crippen molar-refractivity contribution in [3.05, 3.63) is 60.2 Å². The van der Waals surface area contributed by atoms with E-state index >= 15 is 0 Å². The third-order valence-electron chi connectivity index (χ3n) is 2.84. The second-order valence-electron chi connectivity index (χ2n) is 4.43. The number of carbonyl (C=O) groups is 3. The van der Waals surface area contributed by atoms with E-state index in [0.717, 1.165) is 6.21 Å². The average Bonchev–Trinajstić information content (AvgIpc) is 2.84. The van der Waals surface area contributed by atoms with E-state index in [1.807, 2.05) is 6.07 Å². The van der Waals surface area contributed by atoms with Crippen LogP contribution in [0.1, 0.15) is 10.4 Å². The van der Waals surface area contributed by atoms with Crippen LogP contribution in [0.4, 0.5) is 11.4 Å². The highest BCUT2D eigenvalue weighted by Crippen LogP contribution is 2.21. The van der Waals surface area contributed by atoms with Gasteiger partial charge in [0.15, 0.2) is 0 Å². The molecule has 7 heteroatoms. The van der Waals surface area contributed by atoms with Gasteiger partial charge in [-0.3, -0.25) is 14.4 Å². The van der Waals surface area contributed by atoms with Crippen LogP contribution in [0.3, 0.4) is 0 Å². The van der Waals surface area contributed by atoms with Crippen LogP contribution in [0, 0.1) is 0 Å². The number of nitrogens with zero attached hydrogens (tertiary/aromatic N) is 1. The number of amides is 2. The summed E-state index contributed by atoms with van der Waals surface area (Å²) in [6.45, 7) is 0. The lowest BCUT2D eigenvalue weighted by Crippen LogP contribution is -2.12. The zero-order valence-corrected chi connectivity index (χ0v) is 11.9. The van der Waals surface area contributed by atoms with Crippen LogP contribution < -0.4 is 10.6 Å². The number of para-hydroxylation sites is 2. The molecule has 0 bridgehead atoms. The van der Waals surface area contributed by atoms with Crippen molar-refractivity contribution in [2.24, 2.45) is 5.16 Å². The monoisotopic (exact) mass is 311 g/mol. The Labute approximate surface area is 131 Å². The molecule has 3 N–H and O–H groups in total. The van der Waals surface area contributed by atoms with E-state index in [4.69, 9.17) is 5.21 Å². The average molecular weight is 311 g/mol. The normalized spacial score (nSPS) is 12.2. The summed E-state index contributed by atoms with van der Waals surface area (Å²) in [6.07, 6.45) is 0.799.